The number of nitrogens with zero attached hydrogens (tertiary/aromatic N) is 1. The largest absolute Gasteiger partial charge is 0.495 e. The first-order chi connectivity index (χ1) is 8.70. The van der Waals surface area contributed by atoms with Gasteiger partial charge in [0.1, 0.15) is 5.75 Å². The van der Waals surface area contributed by atoms with E-state index < -0.39 is 0 Å². The molecule has 0 saturated heterocycles. The van der Waals surface area contributed by atoms with E-state index in [1.54, 1.807) is 25.3 Å². The molecular formula is C13H14FN3O. The average Bonchev–Trinajstić information content (AvgIpc) is 2.38. The van der Waals surface area contributed by atoms with Crippen LogP contribution < -0.4 is 15.8 Å². The van der Waals surface area contributed by atoms with E-state index in [0.29, 0.717) is 18.0 Å². The zero-order valence-corrected chi connectivity index (χ0v) is 9.98. The number of aromatic nitrogens is 1. The Morgan fingerprint density at radius 3 is 2.89 bits per heavy atom. The monoisotopic (exact) mass is 247 g/mol. The van der Waals surface area contributed by atoms with Crippen LogP contribution in [0.4, 0.5) is 15.9 Å². The summed E-state index contributed by atoms with van der Waals surface area (Å²) in [5.74, 6) is 0.480. The van der Waals surface area contributed by atoms with Crippen LogP contribution in [0.2, 0.25) is 0 Å². The number of nitrogen functional groups attached to an aromatic ring is 1. The van der Waals surface area contributed by atoms with Gasteiger partial charge in [-0.25, -0.2) is 9.37 Å². The number of nitrogens with one attached hydrogen (secondary N) is 1. The van der Waals surface area contributed by atoms with E-state index >= 15 is 0 Å². The van der Waals surface area contributed by atoms with Crippen molar-refractivity contribution >= 4 is 11.5 Å². The molecule has 1 heterocycles. The summed E-state index contributed by atoms with van der Waals surface area (Å²) in [6.45, 7) is 0.447. The molecule has 1 aromatic carbocycles. The van der Waals surface area contributed by atoms with Crippen molar-refractivity contribution in [3.63, 3.8) is 0 Å². The van der Waals surface area contributed by atoms with Gasteiger partial charge in [0, 0.05) is 12.7 Å². The molecule has 0 spiro atoms. The van der Waals surface area contributed by atoms with E-state index in [9.17, 15) is 4.39 Å². The van der Waals surface area contributed by atoms with Gasteiger partial charge in [-0.15, -0.1) is 0 Å². The van der Waals surface area contributed by atoms with Crippen molar-refractivity contribution in [2.24, 2.45) is 0 Å². The Balaban J connectivity index is 2.07. The minimum Gasteiger partial charge on any atom is -0.495 e. The summed E-state index contributed by atoms with van der Waals surface area (Å²) in [4.78, 5) is 3.91. The Labute approximate surface area is 105 Å². The molecule has 0 aliphatic heterocycles. The molecule has 2 rings (SSSR count). The van der Waals surface area contributed by atoms with Crippen LogP contribution in [0.15, 0.2) is 36.5 Å². The Bertz CT molecular complexity index is 546. The number of methoxy groups -OCH3 is 1. The Kier molecular flexibility index (Phi) is 3.62. The van der Waals surface area contributed by atoms with Gasteiger partial charge in [-0.3, -0.25) is 0 Å². The molecule has 1 aromatic heterocycles. The second kappa shape index (κ2) is 5.35. The van der Waals surface area contributed by atoms with E-state index in [0.717, 1.165) is 5.56 Å². The summed E-state index contributed by atoms with van der Waals surface area (Å²) < 4.78 is 18.4. The average molecular weight is 247 g/mol. The lowest BCUT2D eigenvalue weighted by molar-refractivity contribution is 0.417. The van der Waals surface area contributed by atoms with E-state index in [1.165, 1.54) is 12.3 Å². The minimum atomic E-state index is -0.376. The molecule has 4 nitrogen and oxygen atoms in total. The molecule has 0 atom stereocenters. The van der Waals surface area contributed by atoms with Crippen LogP contribution in [-0.2, 0) is 6.54 Å². The van der Waals surface area contributed by atoms with Crippen LogP contribution in [0.25, 0.3) is 0 Å². The lowest BCUT2D eigenvalue weighted by Crippen LogP contribution is -2.04. The lowest BCUT2D eigenvalue weighted by Gasteiger charge is -2.09. The Morgan fingerprint density at radius 1 is 1.39 bits per heavy atom. The van der Waals surface area contributed by atoms with Crippen LogP contribution in [0.5, 0.6) is 5.75 Å². The number of anilines is 2. The van der Waals surface area contributed by atoms with Crippen molar-refractivity contribution in [1.29, 1.82) is 0 Å². The standard InChI is InChI=1S/C13H14FN3O/c1-18-12-5-4-9(7-11(12)15)8-17-13-10(14)3-2-6-16-13/h2-7H,8,15H2,1H3,(H,16,17). The van der Waals surface area contributed by atoms with Crippen molar-refractivity contribution < 1.29 is 9.13 Å². The van der Waals surface area contributed by atoms with Gasteiger partial charge < -0.3 is 15.8 Å². The van der Waals surface area contributed by atoms with Crippen LogP contribution in [0.1, 0.15) is 5.56 Å². The van der Waals surface area contributed by atoms with Gasteiger partial charge in [-0.1, -0.05) is 6.07 Å². The molecule has 2 aromatic rings. The number of nitrogens with two attached hydrogens (primary N) is 1. The van der Waals surface area contributed by atoms with Crippen molar-refractivity contribution in [3.8, 4) is 5.75 Å². The number of halogens is 1. The molecule has 0 fully saturated rings. The zero-order valence-electron chi connectivity index (χ0n) is 9.98. The number of pyridine rings is 1. The van der Waals surface area contributed by atoms with E-state index in [4.69, 9.17) is 10.5 Å². The summed E-state index contributed by atoms with van der Waals surface area (Å²) in [5, 5.41) is 2.91. The van der Waals surface area contributed by atoms with Gasteiger partial charge in [0.05, 0.1) is 12.8 Å². The molecule has 0 saturated carbocycles. The third kappa shape index (κ3) is 2.68. The van der Waals surface area contributed by atoms with Crippen molar-refractivity contribution in [2.45, 2.75) is 6.54 Å². The number of hydrogen-bond donors (Lipinski definition) is 2. The van der Waals surface area contributed by atoms with Gasteiger partial charge in [0.15, 0.2) is 11.6 Å². The molecule has 3 N–H and O–H groups in total. The third-order valence-electron chi connectivity index (χ3n) is 2.51. The minimum absolute atomic E-state index is 0.229. The summed E-state index contributed by atoms with van der Waals surface area (Å²) >= 11 is 0. The fraction of sp³-hybridized carbons (Fsp3) is 0.154. The first-order valence-electron chi connectivity index (χ1n) is 5.47. The Morgan fingerprint density at radius 2 is 2.22 bits per heavy atom. The quantitative estimate of drug-likeness (QED) is 0.814. The second-order valence-corrected chi connectivity index (χ2v) is 3.76. The molecule has 18 heavy (non-hydrogen) atoms. The second-order valence-electron chi connectivity index (χ2n) is 3.76. The summed E-state index contributed by atoms with van der Waals surface area (Å²) in [5.41, 5.74) is 7.27. The van der Waals surface area contributed by atoms with Crippen molar-refractivity contribution in [2.75, 3.05) is 18.2 Å². The SMILES string of the molecule is COc1ccc(CNc2ncccc2F)cc1N. The van der Waals surface area contributed by atoms with Gasteiger partial charge in [-0.2, -0.15) is 0 Å². The maximum absolute atomic E-state index is 13.3. The van der Waals surface area contributed by atoms with Gasteiger partial charge >= 0.3 is 0 Å². The van der Waals surface area contributed by atoms with Crippen molar-refractivity contribution in [3.05, 3.63) is 47.9 Å². The highest BCUT2D eigenvalue weighted by atomic mass is 19.1. The Hall–Kier alpha value is -2.30. The first kappa shape index (κ1) is 12.2. The normalized spacial score (nSPS) is 10.1. The number of ether oxygens (including phenoxy) is 1. The predicted molar refractivity (Wildman–Crippen MR) is 68.9 cm³/mol. The van der Waals surface area contributed by atoms with Gasteiger partial charge in [0.2, 0.25) is 0 Å². The molecule has 0 unspecified atom stereocenters. The van der Waals surface area contributed by atoms with Gasteiger partial charge in [0.25, 0.3) is 0 Å². The highest BCUT2D eigenvalue weighted by molar-refractivity contribution is 5.54. The molecular weight excluding hydrogens is 233 g/mol. The fourth-order valence-corrected chi connectivity index (χ4v) is 1.60. The molecule has 0 amide bonds. The van der Waals surface area contributed by atoms with Crippen LogP contribution in [0.3, 0.4) is 0 Å². The van der Waals surface area contributed by atoms with Crippen LogP contribution in [-0.4, -0.2) is 12.1 Å². The predicted octanol–water partition coefficient (Wildman–Crippen LogP) is 2.42. The number of benzene rings is 1. The maximum atomic E-state index is 13.3. The fourth-order valence-electron chi connectivity index (χ4n) is 1.60. The highest BCUT2D eigenvalue weighted by Gasteiger charge is 2.03. The van der Waals surface area contributed by atoms with Crippen LogP contribution >= 0.6 is 0 Å². The molecule has 5 heteroatoms. The zero-order chi connectivity index (χ0) is 13.0. The van der Waals surface area contributed by atoms with E-state index in [-0.39, 0.29) is 11.6 Å². The van der Waals surface area contributed by atoms with Crippen molar-refractivity contribution in [1.82, 2.24) is 4.98 Å². The van der Waals surface area contributed by atoms with E-state index in [2.05, 4.69) is 10.3 Å². The number of hydrogen-bond acceptors (Lipinski definition) is 4. The topological polar surface area (TPSA) is 60.2 Å². The van der Waals surface area contributed by atoms with E-state index in [1.807, 2.05) is 6.07 Å². The summed E-state index contributed by atoms with van der Waals surface area (Å²) in [6, 6.07) is 8.33. The van der Waals surface area contributed by atoms with Gasteiger partial charge in [-0.05, 0) is 29.8 Å². The summed E-state index contributed by atoms with van der Waals surface area (Å²) in [6.07, 6.45) is 1.54. The molecule has 0 radical (unpaired) electrons. The molecule has 0 aliphatic carbocycles. The molecule has 94 valence electrons. The number of rotatable bonds is 4. The molecule has 0 bridgehead atoms. The third-order valence-corrected chi connectivity index (χ3v) is 2.51. The first-order valence-corrected chi connectivity index (χ1v) is 5.47. The lowest BCUT2D eigenvalue weighted by atomic mass is 10.2. The highest BCUT2D eigenvalue weighted by Crippen LogP contribution is 2.22. The van der Waals surface area contributed by atoms with Crippen LogP contribution in [0, 0.1) is 5.82 Å². The maximum Gasteiger partial charge on any atom is 0.165 e. The summed E-state index contributed by atoms with van der Waals surface area (Å²) in [7, 11) is 1.56. The molecule has 0 aliphatic rings. The smallest absolute Gasteiger partial charge is 0.165 e.